The molecule has 0 aromatic heterocycles. The lowest BCUT2D eigenvalue weighted by Crippen LogP contribution is -2.57. The van der Waals surface area contributed by atoms with E-state index in [0.717, 1.165) is 17.0 Å². The van der Waals surface area contributed by atoms with Gasteiger partial charge in [0.15, 0.2) is 0 Å². The molecule has 1 saturated heterocycles. The molecule has 0 aromatic rings. The Hall–Kier alpha value is 0.270. The van der Waals surface area contributed by atoms with Crippen LogP contribution >= 0.6 is 11.8 Å². The van der Waals surface area contributed by atoms with Gasteiger partial charge in [-0.1, -0.05) is 27.7 Å². The Balaban J connectivity index is 2.13. The van der Waals surface area contributed by atoms with Crippen LogP contribution in [0, 0.1) is 5.41 Å². The second-order valence-corrected chi connectivity index (χ2v) is 8.81. The van der Waals surface area contributed by atoms with Gasteiger partial charge >= 0.3 is 0 Å². The Morgan fingerprint density at radius 2 is 1.76 bits per heavy atom. The van der Waals surface area contributed by atoms with E-state index in [1.807, 2.05) is 0 Å². The first-order valence-corrected chi connectivity index (χ1v) is 7.92. The molecule has 3 heteroatoms. The molecule has 2 rings (SSSR count). The molecule has 2 fully saturated rings. The van der Waals surface area contributed by atoms with Gasteiger partial charge in [0.05, 0.1) is 0 Å². The van der Waals surface area contributed by atoms with Crippen molar-refractivity contribution in [2.75, 3.05) is 19.6 Å². The minimum Gasteiger partial charge on any atom is -0.329 e. The average molecular weight is 256 g/mol. The van der Waals surface area contributed by atoms with E-state index in [-0.39, 0.29) is 0 Å². The third kappa shape index (κ3) is 2.82. The fourth-order valence-electron chi connectivity index (χ4n) is 3.78. The number of rotatable bonds is 2. The predicted octanol–water partition coefficient (Wildman–Crippen LogP) is 2.72. The van der Waals surface area contributed by atoms with Crippen LogP contribution < -0.4 is 5.73 Å². The van der Waals surface area contributed by atoms with Crippen LogP contribution in [-0.4, -0.2) is 40.6 Å². The summed E-state index contributed by atoms with van der Waals surface area (Å²) < 4.78 is 0. The molecular weight excluding hydrogens is 228 g/mol. The van der Waals surface area contributed by atoms with Crippen molar-refractivity contribution >= 4 is 11.8 Å². The summed E-state index contributed by atoms with van der Waals surface area (Å²) in [6.07, 6.45) is 3.90. The van der Waals surface area contributed by atoms with Crippen LogP contribution in [0.2, 0.25) is 0 Å². The maximum absolute atomic E-state index is 6.16. The van der Waals surface area contributed by atoms with Crippen LogP contribution in [0.4, 0.5) is 0 Å². The lowest BCUT2D eigenvalue weighted by atomic mass is 9.86. The van der Waals surface area contributed by atoms with Crippen molar-refractivity contribution in [2.24, 2.45) is 11.1 Å². The van der Waals surface area contributed by atoms with E-state index >= 15 is 0 Å². The largest absolute Gasteiger partial charge is 0.329 e. The normalized spacial score (nSPS) is 42.9. The quantitative estimate of drug-likeness (QED) is 0.824. The van der Waals surface area contributed by atoms with E-state index in [2.05, 4.69) is 44.4 Å². The van der Waals surface area contributed by atoms with Crippen molar-refractivity contribution in [3.05, 3.63) is 0 Å². The molecule has 2 N–H and O–H groups in total. The van der Waals surface area contributed by atoms with E-state index in [9.17, 15) is 0 Å². The van der Waals surface area contributed by atoms with E-state index in [1.165, 1.54) is 32.4 Å². The van der Waals surface area contributed by atoms with Crippen LogP contribution in [0.15, 0.2) is 0 Å². The first-order chi connectivity index (χ1) is 7.87. The highest BCUT2D eigenvalue weighted by molar-refractivity contribution is 8.00. The lowest BCUT2D eigenvalue weighted by molar-refractivity contribution is 0.0869. The first-order valence-electron chi connectivity index (χ1n) is 6.97. The zero-order valence-electron chi connectivity index (χ0n) is 11.8. The topological polar surface area (TPSA) is 29.3 Å². The SMILES string of the molecule is CC1CN(C2(CN)CCC(C)(C)C2)CC(C)S1. The van der Waals surface area contributed by atoms with Crippen LogP contribution in [0.3, 0.4) is 0 Å². The van der Waals surface area contributed by atoms with Gasteiger partial charge in [0.25, 0.3) is 0 Å². The molecule has 1 heterocycles. The summed E-state index contributed by atoms with van der Waals surface area (Å²) in [6.45, 7) is 12.8. The molecule has 2 aliphatic rings. The fourth-order valence-corrected chi connectivity index (χ4v) is 5.10. The minimum absolute atomic E-state index is 0.299. The Kier molecular flexibility index (Phi) is 3.82. The monoisotopic (exact) mass is 256 g/mol. The molecule has 1 aliphatic carbocycles. The van der Waals surface area contributed by atoms with Crippen molar-refractivity contribution in [2.45, 2.75) is 63.0 Å². The van der Waals surface area contributed by atoms with Crippen LogP contribution in [0.1, 0.15) is 47.0 Å². The third-order valence-electron chi connectivity index (χ3n) is 4.55. The smallest absolute Gasteiger partial charge is 0.0337 e. The summed E-state index contributed by atoms with van der Waals surface area (Å²) in [5, 5.41) is 1.51. The Labute approximate surface area is 111 Å². The summed E-state index contributed by atoms with van der Waals surface area (Å²) in [7, 11) is 0. The summed E-state index contributed by atoms with van der Waals surface area (Å²) >= 11 is 2.13. The van der Waals surface area contributed by atoms with Crippen molar-refractivity contribution in [1.82, 2.24) is 4.90 Å². The highest BCUT2D eigenvalue weighted by Crippen LogP contribution is 2.47. The van der Waals surface area contributed by atoms with Gasteiger partial charge in [-0.25, -0.2) is 0 Å². The first kappa shape index (κ1) is 13.7. The third-order valence-corrected chi connectivity index (χ3v) is 5.77. The molecule has 1 saturated carbocycles. The average Bonchev–Trinajstić information content (AvgIpc) is 2.54. The summed E-state index contributed by atoms with van der Waals surface area (Å²) in [5.41, 5.74) is 6.94. The highest BCUT2D eigenvalue weighted by atomic mass is 32.2. The molecule has 2 nitrogen and oxygen atoms in total. The lowest BCUT2D eigenvalue weighted by Gasteiger charge is -2.47. The Morgan fingerprint density at radius 1 is 1.18 bits per heavy atom. The van der Waals surface area contributed by atoms with Crippen molar-refractivity contribution in [3.63, 3.8) is 0 Å². The van der Waals surface area contributed by atoms with Crippen LogP contribution in [0.5, 0.6) is 0 Å². The van der Waals surface area contributed by atoms with Gasteiger partial charge in [0.1, 0.15) is 0 Å². The molecule has 0 spiro atoms. The van der Waals surface area contributed by atoms with Gasteiger partial charge in [0, 0.05) is 35.7 Å². The van der Waals surface area contributed by atoms with Gasteiger partial charge in [0.2, 0.25) is 0 Å². The second-order valence-electron chi connectivity index (χ2n) is 6.93. The molecule has 0 aromatic carbocycles. The summed E-state index contributed by atoms with van der Waals surface area (Å²) in [6, 6.07) is 0. The van der Waals surface area contributed by atoms with E-state index in [4.69, 9.17) is 5.73 Å². The van der Waals surface area contributed by atoms with Crippen LogP contribution in [-0.2, 0) is 0 Å². The maximum Gasteiger partial charge on any atom is 0.0337 e. The van der Waals surface area contributed by atoms with Crippen LogP contribution in [0.25, 0.3) is 0 Å². The van der Waals surface area contributed by atoms with Gasteiger partial charge in [-0.05, 0) is 24.7 Å². The summed E-state index contributed by atoms with van der Waals surface area (Å²) in [5.74, 6) is 0. The molecule has 0 bridgehead atoms. The van der Waals surface area contributed by atoms with Gasteiger partial charge < -0.3 is 5.73 Å². The zero-order valence-corrected chi connectivity index (χ0v) is 12.6. The van der Waals surface area contributed by atoms with Gasteiger partial charge in [-0.2, -0.15) is 11.8 Å². The molecule has 1 aliphatic heterocycles. The second kappa shape index (κ2) is 4.75. The standard InChI is InChI=1S/C14H28N2S/c1-11-7-16(8-12(2)17-11)14(10-15)6-5-13(3,4)9-14/h11-12H,5-10,15H2,1-4H3. The van der Waals surface area contributed by atoms with Gasteiger partial charge in [-0.3, -0.25) is 4.90 Å². The number of nitrogens with two attached hydrogens (primary N) is 1. The van der Waals surface area contributed by atoms with Crippen molar-refractivity contribution in [1.29, 1.82) is 0 Å². The zero-order chi connectivity index (χ0) is 12.7. The molecule has 3 atom stereocenters. The molecular formula is C14H28N2S. The fraction of sp³-hybridized carbons (Fsp3) is 1.00. The van der Waals surface area contributed by atoms with Crippen molar-refractivity contribution in [3.8, 4) is 0 Å². The van der Waals surface area contributed by atoms with E-state index < -0.39 is 0 Å². The number of nitrogens with zero attached hydrogens (tertiary/aromatic N) is 1. The van der Waals surface area contributed by atoms with E-state index in [0.29, 0.717) is 11.0 Å². The molecule has 100 valence electrons. The Morgan fingerprint density at radius 3 is 2.18 bits per heavy atom. The maximum atomic E-state index is 6.16. The minimum atomic E-state index is 0.299. The highest BCUT2D eigenvalue weighted by Gasteiger charge is 2.47. The number of hydrogen-bond donors (Lipinski definition) is 1. The van der Waals surface area contributed by atoms with E-state index in [1.54, 1.807) is 0 Å². The predicted molar refractivity (Wildman–Crippen MR) is 77.5 cm³/mol. The number of hydrogen-bond acceptors (Lipinski definition) is 3. The van der Waals surface area contributed by atoms with Gasteiger partial charge in [-0.15, -0.1) is 0 Å². The molecule has 3 unspecified atom stereocenters. The Bertz CT molecular complexity index is 269. The van der Waals surface area contributed by atoms with Crippen molar-refractivity contribution < 1.29 is 0 Å². The molecule has 17 heavy (non-hydrogen) atoms. The number of thioether (sulfide) groups is 1. The summed E-state index contributed by atoms with van der Waals surface area (Å²) in [4.78, 5) is 2.72. The molecule has 0 radical (unpaired) electrons. The molecule has 0 amide bonds.